The fraction of sp³-hybridized carbons (Fsp3) is 0.333. The van der Waals surface area contributed by atoms with E-state index in [0.29, 0.717) is 12.1 Å². The summed E-state index contributed by atoms with van der Waals surface area (Å²) in [6.45, 7) is 3.12. The Hall–Kier alpha value is -1.75. The van der Waals surface area contributed by atoms with Crippen molar-refractivity contribution in [3.05, 3.63) is 35.8 Å². The molecule has 0 aliphatic heterocycles. The molecule has 0 amide bonds. The van der Waals surface area contributed by atoms with Gasteiger partial charge in [-0.1, -0.05) is 5.21 Å². The third kappa shape index (κ3) is 2.68. The number of benzene rings is 1. The molecule has 0 aliphatic rings. The molecule has 0 fully saturated rings. The lowest BCUT2D eigenvalue weighted by Crippen LogP contribution is -2.06. The van der Waals surface area contributed by atoms with E-state index < -0.39 is 0 Å². The zero-order valence-electron chi connectivity index (χ0n) is 9.73. The van der Waals surface area contributed by atoms with Crippen LogP contribution in [0.4, 0.5) is 4.39 Å². The van der Waals surface area contributed by atoms with E-state index in [-0.39, 0.29) is 5.82 Å². The molecular weight excluding hydrogens is 219 g/mol. The van der Waals surface area contributed by atoms with E-state index in [1.807, 2.05) is 6.20 Å². The molecule has 2 rings (SSSR count). The van der Waals surface area contributed by atoms with Gasteiger partial charge in [0, 0.05) is 12.1 Å². The standard InChI is InChI=1S/C12H15FN4/c1-9-7-10(3-4-11(9)13)12-8-17(16-15-12)6-2-5-14/h3-4,7-8H,2,5-6,14H2,1H3. The molecule has 0 atom stereocenters. The summed E-state index contributed by atoms with van der Waals surface area (Å²) >= 11 is 0. The number of halogens is 1. The van der Waals surface area contributed by atoms with Crippen LogP contribution in [0.3, 0.4) is 0 Å². The molecule has 0 radical (unpaired) electrons. The van der Waals surface area contributed by atoms with E-state index >= 15 is 0 Å². The van der Waals surface area contributed by atoms with Crippen molar-refractivity contribution in [2.45, 2.75) is 19.9 Å². The number of hydrogen-bond acceptors (Lipinski definition) is 3. The summed E-state index contributed by atoms with van der Waals surface area (Å²) in [6, 6.07) is 4.93. The number of aryl methyl sites for hydroxylation is 2. The Labute approximate surface area is 99.2 Å². The molecule has 0 saturated carbocycles. The van der Waals surface area contributed by atoms with Gasteiger partial charge in [-0.15, -0.1) is 5.10 Å². The Morgan fingerprint density at radius 1 is 1.41 bits per heavy atom. The van der Waals surface area contributed by atoms with Gasteiger partial charge < -0.3 is 5.73 Å². The molecule has 0 aliphatic carbocycles. The fourth-order valence-corrected chi connectivity index (χ4v) is 1.60. The van der Waals surface area contributed by atoms with Gasteiger partial charge in [-0.2, -0.15) is 0 Å². The van der Waals surface area contributed by atoms with Crippen molar-refractivity contribution >= 4 is 0 Å². The van der Waals surface area contributed by atoms with Crippen LogP contribution in [0.5, 0.6) is 0 Å². The highest BCUT2D eigenvalue weighted by molar-refractivity contribution is 5.58. The number of hydrogen-bond donors (Lipinski definition) is 1. The second kappa shape index (κ2) is 5.05. The summed E-state index contributed by atoms with van der Waals surface area (Å²) in [5, 5.41) is 8.06. The van der Waals surface area contributed by atoms with Crippen LogP contribution in [-0.4, -0.2) is 21.5 Å². The molecule has 4 nitrogen and oxygen atoms in total. The topological polar surface area (TPSA) is 56.7 Å². The normalized spacial score (nSPS) is 10.8. The second-order valence-electron chi connectivity index (χ2n) is 3.97. The van der Waals surface area contributed by atoms with Gasteiger partial charge in [0.05, 0.1) is 6.20 Å². The number of nitrogens with two attached hydrogens (primary N) is 1. The minimum absolute atomic E-state index is 0.204. The van der Waals surface area contributed by atoms with Gasteiger partial charge in [0.1, 0.15) is 11.5 Å². The lowest BCUT2D eigenvalue weighted by atomic mass is 10.1. The largest absolute Gasteiger partial charge is 0.330 e. The summed E-state index contributed by atoms with van der Waals surface area (Å²) in [5.74, 6) is -0.204. The third-order valence-corrected chi connectivity index (χ3v) is 2.58. The first kappa shape index (κ1) is 11.7. The average molecular weight is 234 g/mol. The van der Waals surface area contributed by atoms with Gasteiger partial charge in [-0.25, -0.2) is 4.39 Å². The van der Waals surface area contributed by atoms with Gasteiger partial charge >= 0.3 is 0 Å². The zero-order valence-corrected chi connectivity index (χ0v) is 9.73. The highest BCUT2D eigenvalue weighted by atomic mass is 19.1. The van der Waals surface area contributed by atoms with Crippen molar-refractivity contribution in [3.63, 3.8) is 0 Å². The molecular formula is C12H15FN4. The Kier molecular flexibility index (Phi) is 3.49. The molecule has 0 saturated heterocycles. The summed E-state index contributed by atoms with van der Waals surface area (Å²) < 4.78 is 14.9. The molecule has 0 bridgehead atoms. The molecule has 2 aromatic rings. The van der Waals surface area contributed by atoms with Gasteiger partial charge in [0.25, 0.3) is 0 Å². The van der Waals surface area contributed by atoms with Crippen molar-refractivity contribution in [2.24, 2.45) is 5.73 Å². The quantitative estimate of drug-likeness (QED) is 0.876. The van der Waals surface area contributed by atoms with Crippen LogP contribution in [0, 0.1) is 12.7 Å². The maximum absolute atomic E-state index is 13.1. The van der Waals surface area contributed by atoms with Crippen LogP contribution < -0.4 is 5.73 Å². The maximum Gasteiger partial charge on any atom is 0.126 e. The molecule has 17 heavy (non-hydrogen) atoms. The first-order valence-electron chi connectivity index (χ1n) is 5.57. The van der Waals surface area contributed by atoms with Gasteiger partial charge in [-0.3, -0.25) is 4.68 Å². The van der Waals surface area contributed by atoms with E-state index in [1.54, 1.807) is 23.7 Å². The fourth-order valence-electron chi connectivity index (χ4n) is 1.60. The highest BCUT2D eigenvalue weighted by Gasteiger charge is 2.05. The molecule has 1 heterocycles. The Morgan fingerprint density at radius 2 is 2.24 bits per heavy atom. The second-order valence-corrected chi connectivity index (χ2v) is 3.97. The van der Waals surface area contributed by atoms with Crippen molar-refractivity contribution in [2.75, 3.05) is 6.54 Å². The third-order valence-electron chi connectivity index (χ3n) is 2.58. The summed E-state index contributed by atoms with van der Waals surface area (Å²) in [7, 11) is 0. The van der Waals surface area contributed by atoms with Crippen LogP contribution in [0.2, 0.25) is 0 Å². The van der Waals surface area contributed by atoms with E-state index in [9.17, 15) is 4.39 Å². The lowest BCUT2D eigenvalue weighted by Gasteiger charge is -1.99. The molecule has 5 heteroatoms. The van der Waals surface area contributed by atoms with E-state index in [1.165, 1.54) is 6.07 Å². The van der Waals surface area contributed by atoms with Crippen LogP contribution in [0.15, 0.2) is 24.4 Å². The van der Waals surface area contributed by atoms with Crippen molar-refractivity contribution in [1.82, 2.24) is 15.0 Å². The Morgan fingerprint density at radius 3 is 2.94 bits per heavy atom. The van der Waals surface area contributed by atoms with Crippen LogP contribution >= 0.6 is 0 Å². The van der Waals surface area contributed by atoms with Crippen molar-refractivity contribution in [3.8, 4) is 11.3 Å². The molecule has 1 aromatic heterocycles. The number of nitrogens with zero attached hydrogens (tertiary/aromatic N) is 3. The minimum atomic E-state index is -0.204. The van der Waals surface area contributed by atoms with Crippen LogP contribution in [0.25, 0.3) is 11.3 Å². The van der Waals surface area contributed by atoms with Crippen molar-refractivity contribution in [1.29, 1.82) is 0 Å². The maximum atomic E-state index is 13.1. The first-order valence-corrected chi connectivity index (χ1v) is 5.57. The first-order chi connectivity index (χ1) is 8.20. The number of rotatable bonds is 4. The molecule has 0 spiro atoms. The minimum Gasteiger partial charge on any atom is -0.330 e. The predicted octanol–water partition coefficient (Wildman–Crippen LogP) is 1.74. The Balaban J connectivity index is 2.21. The molecule has 90 valence electrons. The molecule has 2 N–H and O–H groups in total. The zero-order chi connectivity index (χ0) is 12.3. The molecule has 1 aromatic carbocycles. The smallest absolute Gasteiger partial charge is 0.126 e. The molecule has 0 unspecified atom stereocenters. The predicted molar refractivity (Wildman–Crippen MR) is 63.8 cm³/mol. The van der Waals surface area contributed by atoms with Crippen LogP contribution in [0.1, 0.15) is 12.0 Å². The van der Waals surface area contributed by atoms with Gasteiger partial charge in [0.15, 0.2) is 0 Å². The summed E-state index contributed by atoms with van der Waals surface area (Å²) in [6.07, 6.45) is 2.72. The number of aromatic nitrogens is 3. The highest BCUT2D eigenvalue weighted by Crippen LogP contribution is 2.19. The van der Waals surface area contributed by atoms with E-state index in [4.69, 9.17) is 5.73 Å². The van der Waals surface area contributed by atoms with Crippen molar-refractivity contribution < 1.29 is 4.39 Å². The summed E-state index contributed by atoms with van der Waals surface area (Å²) in [4.78, 5) is 0. The van der Waals surface area contributed by atoms with E-state index in [0.717, 1.165) is 24.2 Å². The van der Waals surface area contributed by atoms with Crippen LogP contribution in [-0.2, 0) is 6.54 Å². The monoisotopic (exact) mass is 234 g/mol. The van der Waals surface area contributed by atoms with Gasteiger partial charge in [-0.05, 0) is 43.7 Å². The Bertz CT molecular complexity index is 507. The van der Waals surface area contributed by atoms with E-state index in [2.05, 4.69) is 10.3 Å². The SMILES string of the molecule is Cc1cc(-c2cn(CCCN)nn2)ccc1F. The summed E-state index contributed by atoms with van der Waals surface area (Å²) in [5.41, 5.74) is 7.67. The van der Waals surface area contributed by atoms with Gasteiger partial charge in [0.2, 0.25) is 0 Å². The average Bonchev–Trinajstić information content (AvgIpc) is 2.79. The lowest BCUT2D eigenvalue weighted by molar-refractivity contribution is 0.564.